The van der Waals surface area contributed by atoms with E-state index in [0.29, 0.717) is 25.1 Å². The van der Waals surface area contributed by atoms with E-state index in [1.165, 1.54) is 6.20 Å². The lowest BCUT2D eigenvalue weighted by molar-refractivity contribution is -0.125. The molecule has 1 aromatic heterocycles. The molecule has 0 saturated carbocycles. The highest BCUT2D eigenvalue weighted by Gasteiger charge is 2.47. The van der Waals surface area contributed by atoms with Crippen molar-refractivity contribution in [3.63, 3.8) is 0 Å². The van der Waals surface area contributed by atoms with Gasteiger partial charge in [0.1, 0.15) is 18.1 Å². The number of nitrogens with zero attached hydrogens (tertiary/aromatic N) is 3. The predicted octanol–water partition coefficient (Wildman–Crippen LogP) is 1.99. The molecule has 0 bridgehead atoms. The number of aromatic nitrogens is 1. The molecule has 9 heteroatoms. The van der Waals surface area contributed by atoms with Crippen LogP contribution in [0.3, 0.4) is 0 Å². The van der Waals surface area contributed by atoms with Crippen LogP contribution in [0.2, 0.25) is 0 Å². The summed E-state index contributed by atoms with van der Waals surface area (Å²) in [5, 5.41) is 2.63. The van der Waals surface area contributed by atoms with Gasteiger partial charge in [-0.1, -0.05) is 12.1 Å². The van der Waals surface area contributed by atoms with Gasteiger partial charge in [0.2, 0.25) is 5.91 Å². The molecule has 2 amide bonds. The molecule has 1 unspecified atom stereocenters. The van der Waals surface area contributed by atoms with E-state index in [1.54, 1.807) is 18.1 Å². The molecule has 1 aromatic carbocycles. The topological polar surface area (TPSA) is 118 Å². The van der Waals surface area contributed by atoms with Crippen LogP contribution in [0.25, 0.3) is 6.08 Å². The van der Waals surface area contributed by atoms with Gasteiger partial charge in [0.15, 0.2) is 0 Å². The van der Waals surface area contributed by atoms with Crippen molar-refractivity contribution < 1.29 is 19.1 Å². The van der Waals surface area contributed by atoms with Crippen LogP contribution in [0.15, 0.2) is 36.7 Å². The van der Waals surface area contributed by atoms with Gasteiger partial charge in [-0.05, 0) is 62.3 Å². The lowest BCUT2D eigenvalue weighted by Gasteiger charge is -2.38. The fraction of sp³-hybridized carbons (Fsp3) is 0.429. The Kier molecular flexibility index (Phi) is 6.97. The normalized spacial score (nSPS) is 19.1. The Balaban J connectivity index is 1.33. The van der Waals surface area contributed by atoms with Crippen LogP contribution in [0.4, 0.5) is 0 Å². The van der Waals surface area contributed by atoms with Crippen LogP contribution < -0.4 is 15.8 Å². The van der Waals surface area contributed by atoms with Crippen molar-refractivity contribution >= 4 is 24.2 Å². The molecule has 37 heavy (non-hydrogen) atoms. The van der Waals surface area contributed by atoms with E-state index in [9.17, 15) is 14.4 Å². The second-order valence-corrected chi connectivity index (χ2v) is 10.0. The maximum atomic E-state index is 13.3. The molecule has 1 fully saturated rings. The second kappa shape index (κ2) is 10.3. The summed E-state index contributed by atoms with van der Waals surface area (Å²) >= 11 is 0. The Morgan fingerprint density at radius 1 is 1.30 bits per heavy atom. The summed E-state index contributed by atoms with van der Waals surface area (Å²) in [6.45, 7) is 3.58. The molecule has 2 aromatic rings. The molecule has 1 saturated heterocycles. The number of fused-ring (bicyclic) bond motifs is 4. The zero-order valence-electron chi connectivity index (χ0n) is 21.1. The molecule has 3 N–H and O–H groups in total. The average molecular weight is 504 g/mol. The van der Waals surface area contributed by atoms with Gasteiger partial charge in [-0.15, -0.1) is 0 Å². The Morgan fingerprint density at radius 3 is 2.84 bits per heavy atom. The molecule has 1 spiro atoms. The third kappa shape index (κ3) is 4.48. The number of rotatable bonds is 8. The van der Waals surface area contributed by atoms with Gasteiger partial charge in [-0.3, -0.25) is 19.5 Å². The molecular weight excluding hydrogens is 470 g/mol. The third-order valence-electron chi connectivity index (χ3n) is 8.01. The molecule has 5 rings (SSSR count). The van der Waals surface area contributed by atoms with Crippen molar-refractivity contribution in [1.82, 2.24) is 20.1 Å². The monoisotopic (exact) mass is 503 g/mol. The van der Waals surface area contributed by atoms with Crippen LogP contribution in [-0.4, -0.2) is 65.7 Å². The van der Waals surface area contributed by atoms with E-state index in [-0.39, 0.29) is 23.7 Å². The van der Waals surface area contributed by atoms with Gasteiger partial charge < -0.3 is 25.5 Å². The lowest BCUT2D eigenvalue weighted by Crippen LogP contribution is -2.46. The number of hydrogen-bond donors (Lipinski definition) is 2. The molecule has 194 valence electrons. The van der Waals surface area contributed by atoms with Crippen LogP contribution in [-0.2, 0) is 28.1 Å². The maximum absolute atomic E-state index is 13.3. The first-order chi connectivity index (χ1) is 18.0. The molecule has 4 heterocycles. The molecule has 0 aliphatic carbocycles. The number of nitrogens with two attached hydrogens (primary N) is 1. The molecular formula is C28H33N5O4. The quantitative estimate of drug-likeness (QED) is 0.529. The summed E-state index contributed by atoms with van der Waals surface area (Å²) in [7, 11) is 1.55. The molecule has 9 nitrogen and oxygen atoms in total. The Labute approximate surface area is 216 Å². The fourth-order valence-corrected chi connectivity index (χ4v) is 5.94. The van der Waals surface area contributed by atoms with Crippen molar-refractivity contribution in [3.05, 3.63) is 64.6 Å². The van der Waals surface area contributed by atoms with Gasteiger partial charge in [0, 0.05) is 48.3 Å². The number of likely N-dealkylation sites (tertiary alicyclic amines) is 1. The maximum Gasteiger partial charge on any atom is 0.255 e. The Bertz CT molecular complexity index is 1240. The average Bonchev–Trinajstić information content (AvgIpc) is 3.45. The van der Waals surface area contributed by atoms with Crippen molar-refractivity contribution in [2.24, 2.45) is 5.73 Å². The number of benzene rings is 1. The number of aldehydes is 1. The first kappa shape index (κ1) is 25.0. The minimum Gasteiger partial charge on any atom is -0.492 e. The minimum absolute atomic E-state index is 0.0794. The van der Waals surface area contributed by atoms with Crippen LogP contribution in [0, 0.1) is 0 Å². The van der Waals surface area contributed by atoms with Crippen molar-refractivity contribution in [2.45, 2.75) is 50.2 Å². The Hall–Kier alpha value is -3.72. The smallest absolute Gasteiger partial charge is 0.255 e. The summed E-state index contributed by atoms with van der Waals surface area (Å²) < 4.78 is 6.30. The van der Waals surface area contributed by atoms with Gasteiger partial charge in [-0.25, -0.2) is 0 Å². The molecule has 0 radical (unpaired) electrons. The van der Waals surface area contributed by atoms with Gasteiger partial charge in [-0.2, -0.15) is 0 Å². The van der Waals surface area contributed by atoms with Crippen LogP contribution in [0.5, 0.6) is 5.75 Å². The third-order valence-corrected chi connectivity index (χ3v) is 8.01. The summed E-state index contributed by atoms with van der Waals surface area (Å²) in [6.07, 6.45) is 8.34. The Morgan fingerprint density at radius 2 is 2.11 bits per heavy atom. The highest BCUT2D eigenvalue weighted by molar-refractivity contribution is 6.02. The predicted molar refractivity (Wildman–Crippen MR) is 139 cm³/mol. The fourth-order valence-electron chi connectivity index (χ4n) is 5.94. The van der Waals surface area contributed by atoms with Gasteiger partial charge in [0.05, 0.1) is 18.8 Å². The van der Waals surface area contributed by atoms with E-state index >= 15 is 0 Å². The van der Waals surface area contributed by atoms with E-state index in [2.05, 4.69) is 21.3 Å². The zero-order chi connectivity index (χ0) is 26.0. The number of amides is 2. The number of nitrogens with one attached hydrogen (secondary N) is 1. The number of piperidine rings is 1. The number of carbonyl (C=O) groups is 3. The summed E-state index contributed by atoms with van der Waals surface area (Å²) in [5.41, 5.74) is 10.2. The second-order valence-electron chi connectivity index (χ2n) is 10.0. The minimum atomic E-state index is -0.684. The number of hydrogen-bond acceptors (Lipinski definition) is 7. The highest BCUT2D eigenvalue weighted by Crippen LogP contribution is 2.49. The number of likely N-dealkylation sites (N-methyl/N-ethyl adjacent to an activating group) is 1. The van der Waals surface area contributed by atoms with E-state index < -0.39 is 6.04 Å². The standard InChI is InChI=1S/C28H33N5O4/c1-30-26(35)24(5-3-15-34)33-17-21-20(27(33)36)6-7-22-25(21)37-18-28(22)9-13-32(14-10-28)16-19-4-2-12-31-23(19)8-11-29/h2,4,6-8,11-12,15,24H,3,5,9-10,13-14,16-18,29H2,1H3,(H,30,35)/b11-8-. The summed E-state index contributed by atoms with van der Waals surface area (Å²) in [5.74, 6) is 0.356. The molecule has 1 atom stereocenters. The van der Waals surface area contributed by atoms with Crippen molar-refractivity contribution in [1.29, 1.82) is 0 Å². The van der Waals surface area contributed by atoms with Crippen LogP contribution >= 0.6 is 0 Å². The van der Waals surface area contributed by atoms with E-state index in [0.717, 1.165) is 66.9 Å². The summed E-state index contributed by atoms with van der Waals surface area (Å²) in [6, 6.07) is 7.29. The largest absolute Gasteiger partial charge is 0.492 e. The van der Waals surface area contributed by atoms with Crippen LogP contribution in [0.1, 0.15) is 58.4 Å². The first-order valence-electron chi connectivity index (χ1n) is 12.8. The molecule has 3 aliphatic rings. The summed E-state index contributed by atoms with van der Waals surface area (Å²) in [4.78, 5) is 45.2. The number of ether oxygens (including phenoxy) is 1. The lowest BCUT2D eigenvalue weighted by atomic mass is 9.74. The SMILES string of the molecule is CNC(=O)C(CCC=O)N1Cc2c(ccc3c2OCC32CCN(Cc3cccnc3/C=C\N)CC2)C1=O. The highest BCUT2D eigenvalue weighted by atomic mass is 16.5. The van der Waals surface area contributed by atoms with E-state index in [1.807, 2.05) is 24.3 Å². The molecule has 3 aliphatic heterocycles. The van der Waals surface area contributed by atoms with E-state index in [4.69, 9.17) is 10.5 Å². The van der Waals surface area contributed by atoms with Gasteiger partial charge in [0.25, 0.3) is 5.91 Å². The number of pyridine rings is 1. The first-order valence-corrected chi connectivity index (χ1v) is 12.8. The van der Waals surface area contributed by atoms with Gasteiger partial charge >= 0.3 is 0 Å². The zero-order valence-corrected chi connectivity index (χ0v) is 21.1. The number of carbonyl (C=O) groups excluding carboxylic acids is 3. The van der Waals surface area contributed by atoms with Crippen molar-refractivity contribution in [3.8, 4) is 5.75 Å². The van der Waals surface area contributed by atoms with Crippen molar-refractivity contribution in [2.75, 3.05) is 26.7 Å².